The van der Waals surface area contributed by atoms with E-state index in [1.807, 2.05) is 0 Å². The molecule has 4 N–H and O–H groups in total. The largest absolute Gasteiger partial charge is 0.394 e. The van der Waals surface area contributed by atoms with E-state index in [-0.39, 0.29) is 25.6 Å². The van der Waals surface area contributed by atoms with Crippen LogP contribution in [0.25, 0.3) is 0 Å². The lowest BCUT2D eigenvalue weighted by Gasteiger charge is -2.22. The van der Waals surface area contributed by atoms with E-state index in [2.05, 4.69) is 11.0 Å². The Morgan fingerprint density at radius 2 is 2.16 bits per heavy atom. The van der Waals surface area contributed by atoms with Crippen LogP contribution in [0.3, 0.4) is 0 Å². The van der Waals surface area contributed by atoms with Crippen molar-refractivity contribution in [1.82, 2.24) is 20.5 Å². The summed E-state index contributed by atoms with van der Waals surface area (Å²) in [6.45, 7) is -0.131. The molecular weight excluding hydrogens is 254 g/mol. The number of allylic oxidation sites excluding steroid dienone is 1. The van der Waals surface area contributed by atoms with Gasteiger partial charge in [0.2, 0.25) is 0 Å². The van der Waals surface area contributed by atoms with Crippen molar-refractivity contribution in [2.24, 2.45) is 0 Å². The predicted molar refractivity (Wildman–Crippen MR) is 65.2 cm³/mol. The molecule has 104 valence electrons. The van der Waals surface area contributed by atoms with Gasteiger partial charge in [-0.05, 0) is 11.0 Å². The summed E-state index contributed by atoms with van der Waals surface area (Å²) in [5.41, 5.74) is 6.28. The number of aliphatic hydroxyl groups excluding tert-OH is 2. The van der Waals surface area contributed by atoms with E-state index in [4.69, 9.17) is 10.2 Å². The first-order valence-corrected chi connectivity index (χ1v) is 5.67. The molecule has 0 amide bonds. The Balaban J connectivity index is 2.06. The Morgan fingerprint density at radius 1 is 1.42 bits per heavy atom. The standard InChI is InChI=1S/C10H15N5O4/c16-6-9(7-17)14-5-8(11-12-14)4-13-3-1-2-10(13)15(18)19/h1-3,5,9,11-12,16-17H,4,6-7H2. The first-order valence-electron chi connectivity index (χ1n) is 5.67. The molecule has 0 atom stereocenters. The zero-order chi connectivity index (χ0) is 13.8. The van der Waals surface area contributed by atoms with Crippen LogP contribution in [0.4, 0.5) is 5.82 Å². The Bertz CT molecular complexity index is 482. The molecule has 0 aromatic carbocycles. The number of nitrogens with zero attached hydrogens (tertiary/aromatic N) is 3. The van der Waals surface area contributed by atoms with Crippen LogP contribution in [0.15, 0.2) is 30.2 Å². The first kappa shape index (κ1) is 13.3. The number of nitro groups is 1. The number of hydrogen-bond donors (Lipinski definition) is 4. The van der Waals surface area contributed by atoms with E-state index in [1.54, 1.807) is 18.5 Å². The van der Waals surface area contributed by atoms with Crippen LogP contribution in [0.5, 0.6) is 0 Å². The molecule has 9 nitrogen and oxygen atoms in total. The van der Waals surface area contributed by atoms with Gasteiger partial charge in [0.05, 0.1) is 31.1 Å². The Hall–Kier alpha value is -2.10. The van der Waals surface area contributed by atoms with Gasteiger partial charge < -0.3 is 25.8 Å². The fraction of sp³-hybridized carbons (Fsp3) is 0.400. The van der Waals surface area contributed by atoms with Crippen LogP contribution in [-0.4, -0.2) is 44.0 Å². The molecule has 0 saturated heterocycles. The molecule has 1 aromatic rings. The minimum atomic E-state index is -0.468. The third-order valence-electron chi connectivity index (χ3n) is 2.79. The molecule has 2 rings (SSSR count). The number of rotatable bonds is 6. The summed E-state index contributed by atoms with van der Waals surface area (Å²) in [4.78, 5) is 10.3. The van der Waals surface area contributed by atoms with E-state index in [0.29, 0.717) is 5.70 Å². The van der Waals surface area contributed by atoms with Gasteiger partial charge in [-0.2, -0.15) is 0 Å². The molecular formula is C10H15N5O4. The van der Waals surface area contributed by atoms with Crippen LogP contribution in [0.1, 0.15) is 0 Å². The summed E-state index contributed by atoms with van der Waals surface area (Å²) in [6, 6.07) is 2.55. The number of aliphatic hydroxyl groups is 2. The van der Waals surface area contributed by atoms with E-state index in [0.717, 1.165) is 0 Å². The molecule has 2 heterocycles. The Kier molecular flexibility index (Phi) is 4.00. The second kappa shape index (κ2) is 5.69. The summed E-state index contributed by atoms with van der Waals surface area (Å²) >= 11 is 0. The van der Waals surface area contributed by atoms with Crippen molar-refractivity contribution in [3.63, 3.8) is 0 Å². The van der Waals surface area contributed by atoms with Gasteiger partial charge in [0.25, 0.3) is 0 Å². The maximum atomic E-state index is 10.8. The van der Waals surface area contributed by atoms with Crippen molar-refractivity contribution in [3.8, 4) is 0 Å². The fourth-order valence-corrected chi connectivity index (χ4v) is 1.77. The minimum absolute atomic E-state index is 0.00187. The fourth-order valence-electron chi connectivity index (χ4n) is 1.77. The monoisotopic (exact) mass is 269 g/mol. The van der Waals surface area contributed by atoms with E-state index >= 15 is 0 Å². The lowest BCUT2D eigenvalue weighted by atomic mass is 10.3. The summed E-state index contributed by atoms with van der Waals surface area (Å²) in [6.07, 6.45) is 3.26. The first-order chi connectivity index (χ1) is 9.15. The molecule has 1 aliphatic heterocycles. The van der Waals surface area contributed by atoms with Crippen LogP contribution >= 0.6 is 0 Å². The lowest BCUT2D eigenvalue weighted by Crippen LogP contribution is -2.46. The van der Waals surface area contributed by atoms with Gasteiger partial charge in [-0.25, -0.2) is 4.57 Å². The van der Waals surface area contributed by atoms with Gasteiger partial charge >= 0.3 is 5.82 Å². The molecule has 19 heavy (non-hydrogen) atoms. The highest BCUT2D eigenvalue weighted by atomic mass is 16.6. The van der Waals surface area contributed by atoms with Gasteiger partial charge in [0.1, 0.15) is 6.54 Å². The Morgan fingerprint density at radius 3 is 2.79 bits per heavy atom. The third-order valence-corrected chi connectivity index (χ3v) is 2.79. The second-order valence-electron chi connectivity index (χ2n) is 4.07. The molecule has 0 bridgehead atoms. The SMILES string of the molecule is O=[N+]([O-])c1cccn1CC1=CN(C(CO)CO)NN1. The highest BCUT2D eigenvalue weighted by molar-refractivity contribution is 5.23. The molecule has 1 aliphatic rings. The molecule has 0 fully saturated rings. The quantitative estimate of drug-likeness (QED) is 0.383. The molecule has 0 unspecified atom stereocenters. The average Bonchev–Trinajstić information content (AvgIpc) is 3.01. The van der Waals surface area contributed by atoms with Gasteiger partial charge in [-0.15, -0.1) is 5.53 Å². The maximum absolute atomic E-state index is 10.8. The molecule has 0 spiro atoms. The molecule has 0 radical (unpaired) electrons. The Labute approximate surface area is 108 Å². The molecule has 1 aromatic heterocycles. The number of nitrogens with one attached hydrogen (secondary N) is 2. The van der Waals surface area contributed by atoms with Crippen LogP contribution in [0.2, 0.25) is 0 Å². The molecule has 0 saturated carbocycles. The van der Waals surface area contributed by atoms with E-state index in [9.17, 15) is 10.1 Å². The van der Waals surface area contributed by atoms with Crippen LogP contribution < -0.4 is 11.0 Å². The van der Waals surface area contributed by atoms with Crippen molar-refractivity contribution >= 4 is 5.82 Å². The van der Waals surface area contributed by atoms with Crippen molar-refractivity contribution in [2.45, 2.75) is 12.6 Å². The summed E-state index contributed by atoms with van der Waals surface area (Å²) < 4.78 is 1.48. The van der Waals surface area contributed by atoms with Gasteiger partial charge in [-0.1, -0.05) is 0 Å². The van der Waals surface area contributed by atoms with Crippen LogP contribution in [0, 0.1) is 10.1 Å². The highest BCUT2D eigenvalue weighted by Gasteiger charge is 2.21. The number of aromatic nitrogens is 1. The number of hydrazine groups is 2. The predicted octanol–water partition coefficient (Wildman–Crippen LogP) is -1.08. The maximum Gasteiger partial charge on any atom is 0.323 e. The van der Waals surface area contributed by atoms with Gasteiger partial charge in [0, 0.05) is 12.3 Å². The van der Waals surface area contributed by atoms with E-state index < -0.39 is 11.0 Å². The number of hydrogen-bond acceptors (Lipinski definition) is 7. The van der Waals surface area contributed by atoms with Crippen molar-refractivity contribution in [1.29, 1.82) is 0 Å². The summed E-state index contributed by atoms with van der Waals surface area (Å²) in [7, 11) is 0. The zero-order valence-electron chi connectivity index (χ0n) is 10.1. The lowest BCUT2D eigenvalue weighted by molar-refractivity contribution is -0.392. The second-order valence-corrected chi connectivity index (χ2v) is 4.07. The average molecular weight is 269 g/mol. The van der Waals surface area contributed by atoms with Gasteiger partial charge in [0.15, 0.2) is 0 Å². The summed E-state index contributed by atoms with van der Waals surface area (Å²) in [5.74, 6) is 0.00187. The smallest absolute Gasteiger partial charge is 0.323 e. The van der Waals surface area contributed by atoms with Crippen molar-refractivity contribution in [2.75, 3.05) is 13.2 Å². The van der Waals surface area contributed by atoms with Crippen molar-refractivity contribution in [3.05, 3.63) is 40.3 Å². The normalized spacial score (nSPS) is 14.7. The van der Waals surface area contributed by atoms with E-state index in [1.165, 1.54) is 15.6 Å². The van der Waals surface area contributed by atoms with Crippen LogP contribution in [-0.2, 0) is 6.54 Å². The zero-order valence-corrected chi connectivity index (χ0v) is 10.1. The topological polar surface area (TPSA) is 116 Å². The van der Waals surface area contributed by atoms with Gasteiger partial charge in [-0.3, -0.25) is 5.01 Å². The molecule has 0 aliphatic carbocycles. The third kappa shape index (κ3) is 2.84. The summed E-state index contributed by atoms with van der Waals surface area (Å²) in [5, 5.41) is 30.4. The highest BCUT2D eigenvalue weighted by Crippen LogP contribution is 2.15. The van der Waals surface area contributed by atoms with Crippen molar-refractivity contribution < 1.29 is 15.1 Å². The molecule has 9 heteroatoms. The minimum Gasteiger partial charge on any atom is -0.394 e.